The minimum absolute atomic E-state index is 0.0232. The average Bonchev–Trinajstić information content (AvgIpc) is 2.00. The molecule has 0 bridgehead atoms. The van der Waals surface area contributed by atoms with Crippen LogP contribution in [0.2, 0.25) is 0 Å². The Labute approximate surface area is 89.2 Å². The Morgan fingerprint density at radius 2 is 1.43 bits per heavy atom. The van der Waals surface area contributed by atoms with Gasteiger partial charge in [-0.25, -0.2) is 0 Å². The third kappa shape index (κ3) is 5.64. The number of hydrogen-bond donors (Lipinski definition) is 0. The second-order valence-corrected chi connectivity index (χ2v) is 5.42. The third-order valence-corrected chi connectivity index (χ3v) is 2.77. The van der Waals surface area contributed by atoms with Crippen molar-refractivity contribution in [3.05, 3.63) is 5.92 Å². The van der Waals surface area contributed by atoms with E-state index in [2.05, 4.69) is 20.8 Å². The van der Waals surface area contributed by atoms with Gasteiger partial charge in [-0.05, 0) is 33.6 Å². The van der Waals surface area contributed by atoms with Crippen LogP contribution in [-0.2, 0) is 4.74 Å². The maximum Gasteiger partial charge on any atom is 0.0598 e. The summed E-state index contributed by atoms with van der Waals surface area (Å²) in [4.78, 5) is 0. The Hall–Kier alpha value is -0.0400. The highest BCUT2D eigenvalue weighted by Crippen LogP contribution is 2.25. The van der Waals surface area contributed by atoms with E-state index >= 15 is 0 Å². The molecule has 0 aromatic rings. The van der Waals surface area contributed by atoms with E-state index in [1.165, 1.54) is 44.9 Å². The first kappa shape index (κ1) is 12.0. The number of ether oxygens (including phenoxy) is 1. The molecule has 1 rings (SSSR count). The Kier molecular flexibility index (Phi) is 4.94. The summed E-state index contributed by atoms with van der Waals surface area (Å²) in [5, 5.41) is 0. The molecule has 0 spiro atoms. The molecular weight excluding hydrogens is 172 g/mol. The zero-order chi connectivity index (χ0) is 10.4. The summed E-state index contributed by atoms with van der Waals surface area (Å²) in [6.45, 7) is 7.30. The smallest absolute Gasteiger partial charge is 0.0598 e. The van der Waals surface area contributed by atoms with Crippen LogP contribution in [-0.4, -0.2) is 12.2 Å². The molecule has 0 heterocycles. The quantitative estimate of drug-likeness (QED) is 0.647. The first-order valence-corrected chi connectivity index (χ1v) is 6.05. The monoisotopic (exact) mass is 197 g/mol. The standard InChI is InChI=1S/C13H25O/c1-13(2,3)14-11-12-9-7-5-4-6-8-10-12/h4-11H2,1-3H3. The Morgan fingerprint density at radius 3 is 1.93 bits per heavy atom. The highest BCUT2D eigenvalue weighted by molar-refractivity contribution is 4.91. The van der Waals surface area contributed by atoms with Crippen molar-refractivity contribution in [3.8, 4) is 0 Å². The highest BCUT2D eigenvalue weighted by atomic mass is 16.5. The van der Waals surface area contributed by atoms with Gasteiger partial charge in [-0.3, -0.25) is 0 Å². The second kappa shape index (κ2) is 5.75. The van der Waals surface area contributed by atoms with Gasteiger partial charge < -0.3 is 4.74 Å². The molecule has 0 aromatic carbocycles. The molecule has 83 valence electrons. The molecule has 0 N–H and O–H groups in total. The predicted molar refractivity (Wildman–Crippen MR) is 61.3 cm³/mol. The highest BCUT2D eigenvalue weighted by Gasteiger charge is 2.16. The maximum atomic E-state index is 5.83. The lowest BCUT2D eigenvalue weighted by Crippen LogP contribution is -2.23. The molecule has 0 atom stereocenters. The van der Waals surface area contributed by atoms with Crippen molar-refractivity contribution in [2.24, 2.45) is 0 Å². The molecule has 0 saturated heterocycles. The van der Waals surface area contributed by atoms with E-state index in [9.17, 15) is 0 Å². The average molecular weight is 197 g/mol. The number of hydrogen-bond acceptors (Lipinski definition) is 1. The second-order valence-electron chi connectivity index (χ2n) is 5.42. The van der Waals surface area contributed by atoms with Crippen LogP contribution in [0.5, 0.6) is 0 Å². The molecule has 1 nitrogen and oxygen atoms in total. The van der Waals surface area contributed by atoms with Crippen molar-refractivity contribution in [1.29, 1.82) is 0 Å². The summed E-state index contributed by atoms with van der Waals surface area (Å²) in [5.74, 6) is 1.64. The summed E-state index contributed by atoms with van der Waals surface area (Å²) in [7, 11) is 0. The van der Waals surface area contributed by atoms with E-state index in [0.717, 1.165) is 6.61 Å². The van der Waals surface area contributed by atoms with Crippen LogP contribution in [0.4, 0.5) is 0 Å². The lowest BCUT2D eigenvalue weighted by Gasteiger charge is -2.25. The van der Waals surface area contributed by atoms with Crippen LogP contribution >= 0.6 is 0 Å². The van der Waals surface area contributed by atoms with Crippen LogP contribution in [0.1, 0.15) is 65.7 Å². The Balaban J connectivity index is 2.20. The molecule has 1 aliphatic rings. The van der Waals surface area contributed by atoms with Gasteiger partial charge in [0.25, 0.3) is 0 Å². The van der Waals surface area contributed by atoms with Crippen molar-refractivity contribution in [1.82, 2.24) is 0 Å². The first-order chi connectivity index (χ1) is 6.58. The van der Waals surface area contributed by atoms with Crippen LogP contribution in [0, 0.1) is 5.92 Å². The van der Waals surface area contributed by atoms with Crippen molar-refractivity contribution >= 4 is 0 Å². The van der Waals surface area contributed by atoms with Gasteiger partial charge in [0.1, 0.15) is 0 Å². The normalized spacial score (nSPS) is 21.6. The topological polar surface area (TPSA) is 9.23 Å². The van der Waals surface area contributed by atoms with E-state index in [1.807, 2.05) is 0 Å². The van der Waals surface area contributed by atoms with Crippen LogP contribution in [0.15, 0.2) is 0 Å². The lowest BCUT2D eigenvalue weighted by molar-refractivity contribution is 0.000433. The summed E-state index contributed by atoms with van der Waals surface area (Å²) < 4.78 is 5.83. The molecule has 1 aliphatic carbocycles. The maximum absolute atomic E-state index is 5.83. The minimum atomic E-state index is 0.0232. The largest absolute Gasteiger partial charge is 0.375 e. The summed E-state index contributed by atoms with van der Waals surface area (Å²) in [5.41, 5.74) is 0.0232. The fourth-order valence-electron chi connectivity index (χ4n) is 1.87. The van der Waals surface area contributed by atoms with E-state index in [-0.39, 0.29) is 5.60 Å². The van der Waals surface area contributed by atoms with Crippen LogP contribution < -0.4 is 0 Å². The van der Waals surface area contributed by atoms with Gasteiger partial charge in [-0.1, -0.05) is 32.1 Å². The van der Waals surface area contributed by atoms with E-state index in [0.29, 0.717) is 0 Å². The SMILES string of the molecule is CC(C)(C)OC[C]1CCCCCCC1. The third-order valence-electron chi connectivity index (χ3n) is 2.77. The molecule has 14 heavy (non-hydrogen) atoms. The molecule has 1 radical (unpaired) electrons. The molecular formula is C13H25O. The fraction of sp³-hybridized carbons (Fsp3) is 0.923. The summed E-state index contributed by atoms with van der Waals surface area (Å²) >= 11 is 0. The first-order valence-electron chi connectivity index (χ1n) is 6.05. The molecule has 0 aliphatic heterocycles. The van der Waals surface area contributed by atoms with Gasteiger partial charge in [-0.2, -0.15) is 0 Å². The molecule has 1 saturated carbocycles. The van der Waals surface area contributed by atoms with Gasteiger partial charge in [0.2, 0.25) is 0 Å². The number of rotatable bonds is 2. The molecule has 0 amide bonds. The van der Waals surface area contributed by atoms with Crippen molar-refractivity contribution in [2.75, 3.05) is 6.61 Å². The molecule has 1 heteroatoms. The predicted octanol–water partition coefficient (Wildman–Crippen LogP) is 4.12. The zero-order valence-electron chi connectivity index (χ0n) is 10.1. The van der Waals surface area contributed by atoms with Crippen molar-refractivity contribution in [2.45, 2.75) is 71.3 Å². The lowest BCUT2D eigenvalue weighted by atomic mass is 9.92. The van der Waals surface area contributed by atoms with Crippen LogP contribution in [0.3, 0.4) is 0 Å². The van der Waals surface area contributed by atoms with E-state index in [4.69, 9.17) is 4.74 Å². The van der Waals surface area contributed by atoms with Gasteiger partial charge in [0.15, 0.2) is 0 Å². The molecule has 0 aromatic heterocycles. The summed E-state index contributed by atoms with van der Waals surface area (Å²) in [6.07, 6.45) is 9.63. The molecule has 0 unspecified atom stereocenters. The van der Waals surface area contributed by atoms with Gasteiger partial charge in [-0.15, -0.1) is 0 Å². The molecule has 1 fully saturated rings. The van der Waals surface area contributed by atoms with Crippen LogP contribution in [0.25, 0.3) is 0 Å². The minimum Gasteiger partial charge on any atom is -0.375 e. The van der Waals surface area contributed by atoms with Crippen molar-refractivity contribution < 1.29 is 4.74 Å². The fourth-order valence-corrected chi connectivity index (χ4v) is 1.87. The summed E-state index contributed by atoms with van der Waals surface area (Å²) in [6, 6.07) is 0. The van der Waals surface area contributed by atoms with E-state index in [1.54, 1.807) is 5.92 Å². The van der Waals surface area contributed by atoms with Crippen molar-refractivity contribution in [3.63, 3.8) is 0 Å². The van der Waals surface area contributed by atoms with Gasteiger partial charge in [0.05, 0.1) is 12.2 Å². The van der Waals surface area contributed by atoms with Gasteiger partial charge >= 0.3 is 0 Å². The Bertz CT molecular complexity index is 138. The van der Waals surface area contributed by atoms with Gasteiger partial charge in [0, 0.05) is 5.92 Å². The Morgan fingerprint density at radius 1 is 0.929 bits per heavy atom. The zero-order valence-corrected chi connectivity index (χ0v) is 10.1. The van der Waals surface area contributed by atoms with E-state index < -0.39 is 0 Å².